The first-order valence-electron chi connectivity index (χ1n) is 4.87. The Morgan fingerprint density at radius 1 is 1.47 bits per heavy atom. The van der Waals surface area contributed by atoms with E-state index in [2.05, 4.69) is 10.5 Å². The van der Waals surface area contributed by atoms with E-state index >= 15 is 0 Å². The van der Waals surface area contributed by atoms with E-state index in [1.54, 1.807) is 0 Å². The predicted octanol–water partition coefficient (Wildman–Crippen LogP) is -0.386. The Kier molecular flexibility index (Phi) is 5.69. The van der Waals surface area contributed by atoms with E-state index in [9.17, 15) is 4.79 Å². The molecule has 0 fully saturated rings. The fourth-order valence-electron chi connectivity index (χ4n) is 1.13. The Balaban J connectivity index is 3.71. The lowest BCUT2D eigenvalue weighted by Gasteiger charge is -2.22. The number of rotatable bonds is 7. The summed E-state index contributed by atoms with van der Waals surface area (Å²) in [7, 11) is 0. The number of nitrogens with one attached hydrogen (secondary N) is 1. The van der Waals surface area contributed by atoms with Gasteiger partial charge in [0.2, 0.25) is 5.91 Å². The van der Waals surface area contributed by atoms with Gasteiger partial charge in [-0.25, -0.2) is 0 Å². The largest absolute Gasteiger partial charge is 0.409 e. The molecule has 0 atom stereocenters. The second kappa shape index (κ2) is 6.23. The third-order valence-electron chi connectivity index (χ3n) is 2.26. The van der Waals surface area contributed by atoms with Gasteiger partial charge in [-0.1, -0.05) is 19.0 Å². The van der Waals surface area contributed by atoms with E-state index in [0.29, 0.717) is 6.54 Å². The van der Waals surface area contributed by atoms with Crippen LogP contribution in [0.4, 0.5) is 0 Å². The highest BCUT2D eigenvalue weighted by Gasteiger charge is 2.22. The van der Waals surface area contributed by atoms with E-state index in [0.717, 1.165) is 12.8 Å². The summed E-state index contributed by atoms with van der Waals surface area (Å²) in [6.07, 6.45) is 1.60. The van der Waals surface area contributed by atoms with Crippen molar-refractivity contribution in [2.45, 2.75) is 26.7 Å². The van der Waals surface area contributed by atoms with Crippen LogP contribution in [-0.4, -0.2) is 30.0 Å². The summed E-state index contributed by atoms with van der Waals surface area (Å²) >= 11 is 0. The van der Waals surface area contributed by atoms with Crippen molar-refractivity contribution in [2.24, 2.45) is 22.0 Å². The maximum atomic E-state index is 10.4. The molecule has 0 saturated carbocycles. The zero-order valence-electron chi connectivity index (χ0n) is 9.29. The summed E-state index contributed by atoms with van der Waals surface area (Å²) in [6, 6.07) is 0. The number of hydrogen-bond acceptors (Lipinski definition) is 4. The summed E-state index contributed by atoms with van der Waals surface area (Å²) in [4.78, 5) is 10.4. The zero-order chi connectivity index (χ0) is 11.9. The molecule has 88 valence electrons. The zero-order valence-corrected chi connectivity index (χ0v) is 9.29. The molecule has 1 amide bonds. The van der Waals surface area contributed by atoms with Crippen LogP contribution in [0, 0.1) is 5.41 Å². The minimum Gasteiger partial charge on any atom is -0.409 e. The lowest BCUT2D eigenvalue weighted by atomic mass is 9.86. The molecule has 6 heteroatoms. The van der Waals surface area contributed by atoms with E-state index in [1.165, 1.54) is 0 Å². The number of amides is 1. The highest BCUT2D eigenvalue weighted by atomic mass is 16.4. The van der Waals surface area contributed by atoms with Crippen LogP contribution in [0.15, 0.2) is 5.16 Å². The van der Waals surface area contributed by atoms with E-state index in [4.69, 9.17) is 16.7 Å². The number of amidine groups is 1. The Labute approximate surface area is 89.7 Å². The smallest absolute Gasteiger partial charge is 0.231 e. The van der Waals surface area contributed by atoms with Crippen molar-refractivity contribution in [1.82, 2.24) is 5.32 Å². The van der Waals surface area contributed by atoms with Crippen LogP contribution in [0.25, 0.3) is 0 Å². The molecule has 0 spiro atoms. The number of hydrogen-bond donors (Lipinski definition) is 4. The minimum atomic E-state index is -0.370. The molecule has 15 heavy (non-hydrogen) atoms. The molecule has 0 aromatic rings. The summed E-state index contributed by atoms with van der Waals surface area (Å²) in [5, 5.41) is 14.4. The van der Waals surface area contributed by atoms with Gasteiger partial charge in [0.15, 0.2) is 0 Å². The Hall–Kier alpha value is -1.30. The standard InChI is InChI=1S/C9H20N4O2/c1-9(2,8(11)13-15)4-3-5-12-6-7(10)14/h12,15H,3-6H2,1-2H3,(H2,10,14)(H2,11,13). The SMILES string of the molecule is CC(C)(CCCNCC(N)=O)C(N)=NO. The first-order valence-corrected chi connectivity index (χ1v) is 4.87. The first kappa shape index (κ1) is 13.7. The quantitative estimate of drug-likeness (QED) is 0.153. The fourth-order valence-corrected chi connectivity index (χ4v) is 1.13. The highest BCUT2D eigenvalue weighted by Crippen LogP contribution is 2.21. The van der Waals surface area contributed by atoms with Crippen molar-refractivity contribution in [3.63, 3.8) is 0 Å². The number of carbonyl (C=O) groups is 1. The second-order valence-electron chi connectivity index (χ2n) is 4.12. The number of oxime groups is 1. The van der Waals surface area contributed by atoms with E-state index in [-0.39, 0.29) is 23.7 Å². The lowest BCUT2D eigenvalue weighted by Crippen LogP contribution is -2.33. The van der Waals surface area contributed by atoms with Crippen molar-refractivity contribution in [3.05, 3.63) is 0 Å². The predicted molar refractivity (Wildman–Crippen MR) is 58.5 cm³/mol. The molecule has 0 aromatic carbocycles. The molecular weight excluding hydrogens is 196 g/mol. The van der Waals surface area contributed by atoms with Crippen molar-refractivity contribution in [1.29, 1.82) is 0 Å². The van der Waals surface area contributed by atoms with Gasteiger partial charge in [-0.05, 0) is 19.4 Å². The molecule has 0 radical (unpaired) electrons. The third kappa shape index (κ3) is 5.90. The average Bonchev–Trinajstić information content (AvgIpc) is 2.15. The Morgan fingerprint density at radius 3 is 2.53 bits per heavy atom. The highest BCUT2D eigenvalue weighted by molar-refractivity contribution is 5.85. The molecule has 0 saturated heterocycles. The van der Waals surface area contributed by atoms with Gasteiger partial charge in [0.1, 0.15) is 5.84 Å². The van der Waals surface area contributed by atoms with Gasteiger partial charge in [0, 0.05) is 5.41 Å². The molecule has 0 aromatic heterocycles. The molecule has 0 rings (SSSR count). The monoisotopic (exact) mass is 216 g/mol. The van der Waals surface area contributed by atoms with Gasteiger partial charge in [0.05, 0.1) is 6.54 Å². The van der Waals surface area contributed by atoms with Crippen LogP contribution in [-0.2, 0) is 4.79 Å². The van der Waals surface area contributed by atoms with Crippen LogP contribution in [0.1, 0.15) is 26.7 Å². The lowest BCUT2D eigenvalue weighted by molar-refractivity contribution is -0.117. The van der Waals surface area contributed by atoms with Crippen LogP contribution in [0.3, 0.4) is 0 Å². The molecule has 0 aliphatic carbocycles. The second-order valence-corrected chi connectivity index (χ2v) is 4.12. The Morgan fingerprint density at radius 2 is 2.07 bits per heavy atom. The van der Waals surface area contributed by atoms with Crippen LogP contribution >= 0.6 is 0 Å². The first-order chi connectivity index (χ1) is 6.90. The maximum Gasteiger partial charge on any atom is 0.231 e. The third-order valence-corrected chi connectivity index (χ3v) is 2.26. The molecule has 0 unspecified atom stereocenters. The van der Waals surface area contributed by atoms with Crippen LogP contribution in [0.5, 0.6) is 0 Å². The molecule has 0 heterocycles. The minimum absolute atomic E-state index is 0.185. The molecule has 0 aliphatic rings. The fraction of sp³-hybridized carbons (Fsp3) is 0.778. The topological polar surface area (TPSA) is 114 Å². The number of carbonyl (C=O) groups excluding carboxylic acids is 1. The van der Waals surface area contributed by atoms with E-state index in [1.807, 2.05) is 13.8 Å². The molecule has 0 bridgehead atoms. The van der Waals surface area contributed by atoms with Gasteiger partial charge in [-0.2, -0.15) is 0 Å². The Bertz CT molecular complexity index is 238. The number of primary amides is 1. The van der Waals surface area contributed by atoms with E-state index < -0.39 is 0 Å². The van der Waals surface area contributed by atoms with Crippen molar-refractivity contribution in [2.75, 3.05) is 13.1 Å². The van der Waals surface area contributed by atoms with Gasteiger partial charge in [-0.3, -0.25) is 4.79 Å². The molecule has 6 nitrogen and oxygen atoms in total. The van der Waals surface area contributed by atoms with Gasteiger partial charge in [0.25, 0.3) is 0 Å². The van der Waals surface area contributed by atoms with Crippen molar-refractivity contribution in [3.8, 4) is 0 Å². The average molecular weight is 216 g/mol. The van der Waals surface area contributed by atoms with Gasteiger partial charge < -0.3 is 22.0 Å². The molecule has 6 N–H and O–H groups in total. The van der Waals surface area contributed by atoms with Gasteiger partial charge in [-0.15, -0.1) is 0 Å². The molecular formula is C9H20N4O2. The van der Waals surface area contributed by atoms with Crippen molar-refractivity contribution >= 4 is 11.7 Å². The normalized spacial score (nSPS) is 12.8. The summed E-state index contributed by atoms with van der Waals surface area (Å²) in [5.41, 5.74) is 10.1. The summed E-state index contributed by atoms with van der Waals surface area (Å²) in [6.45, 7) is 4.67. The number of nitrogens with two attached hydrogens (primary N) is 2. The molecule has 0 aliphatic heterocycles. The van der Waals surface area contributed by atoms with Crippen LogP contribution in [0.2, 0.25) is 0 Å². The number of nitrogens with zero attached hydrogens (tertiary/aromatic N) is 1. The van der Waals surface area contributed by atoms with Crippen LogP contribution < -0.4 is 16.8 Å². The maximum absolute atomic E-state index is 10.4. The summed E-state index contributed by atoms with van der Waals surface area (Å²) < 4.78 is 0. The van der Waals surface area contributed by atoms with Crippen molar-refractivity contribution < 1.29 is 10.0 Å². The summed E-state index contributed by atoms with van der Waals surface area (Å²) in [5.74, 6) is -0.150. The van der Waals surface area contributed by atoms with Gasteiger partial charge >= 0.3 is 0 Å².